The summed E-state index contributed by atoms with van der Waals surface area (Å²) >= 11 is 0. The van der Waals surface area contributed by atoms with Gasteiger partial charge in [0.25, 0.3) is 0 Å². The molecule has 106 valence electrons. The lowest BCUT2D eigenvalue weighted by Crippen LogP contribution is -2.10. The van der Waals surface area contributed by atoms with Gasteiger partial charge in [0.1, 0.15) is 5.75 Å². The lowest BCUT2D eigenvalue weighted by molar-refractivity contribution is -0.114. The molecule has 1 unspecified atom stereocenters. The Hall–Kier alpha value is -2.16. The fourth-order valence-corrected chi connectivity index (χ4v) is 3.31. The predicted molar refractivity (Wildman–Crippen MR) is 82.6 cm³/mol. The summed E-state index contributed by atoms with van der Waals surface area (Å²) in [5.74, 6) is 2.04. The van der Waals surface area contributed by atoms with Gasteiger partial charge in [0, 0.05) is 23.3 Å². The summed E-state index contributed by atoms with van der Waals surface area (Å²) in [7, 11) is 0. The summed E-state index contributed by atoms with van der Waals surface area (Å²) in [6.45, 7) is 5.18. The average molecular weight is 279 g/mol. The first kappa shape index (κ1) is 12.6. The number of hydrogen-bond donors (Lipinski definition) is 0. The van der Waals surface area contributed by atoms with Crippen molar-refractivity contribution in [3.05, 3.63) is 41.1 Å². The number of ether oxygens (including phenoxy) is 1. The Labute approximate surface area is 123 Å². The molecule has 0 saturated carbocycles. The molecule has 0 radical (unpaired) electrons. The van der Waals surface area contributed by atoms with Crippen molar-refractivity contribution in [2.45, 2.75) is 26.2 Å². The topological polar surface area (TPSA) is 39.2 Å². The van der Waals surface area contributed by atoms with E-state index < -0.39 is 0 Å². The van der Waals surface area contributed by atoms with Crippen molar-refractivity contribution in [1.82, 2.24) is 4.98 Å². The number of pyridine rings is 1. The van der Waals surface area contributed by atoms with Gasteiger partial charge in [-0.05, 0) is 41.8 Å². The van der Waals surface area contributed by atoms with E-state index in [9.17, 15) is 4.79 Å². The van der Waals surface area contributed by atoms with E-state index in [1.54, 1.807) is 6.08 Å². The second-order valence-electron chi connectivity index (χ2n) is 6.21. The number of hydrogen-bond acceptors (Lipinski definition) is 3. The van der Waals surface area contributed by atoms with Gasteiger partial charge in [-0.15, -0.1) is 0 Å². The summed E-state index contributed by atoms with van der Waals surface area (Å²) in [5.41, 5.74) is 4.20. The lowest BCUT2D eigenvalue weighted by atomic mass is 9.87. The third kappa shape index (κ3) is 1.88. The van der Waals surface area contributed by atoms with Crippen molar-refractivity contribution in [1.29, 1.82) is 0 Å². The van der Waals surface area contributed by atoms with E-state index in [1.807, 2.05) is 18.2 Å². The Balaban J connectivity index is 1.98. The Bertz CT molecular complexity index is 789. The van der Waals surface area contributed by atoms with Crippen LogP contribution in [0.5, 0.6) is 5.75 Å². The van der Waals surface area contributed by atoms with E-state index in [-0.39, 0.29) is 5.78 Å². The Morgan fingerprint density at radius 3 is 2.95 bits per heavy atom. The molecule has 1 aromatic heterocycles. The van der Waals surface area contributed by atoms with Crippen LogP contribution in [0.15, 0.2) is 24.3 Å². The van der Waals surface area contributed by atoms with Gasteiger partial charge in [-0.1, -0.05) is 13.8 Å². The minimum absolute atomic E-state index is 0.146. The predicted octanol–water partition coefficient (Wildman–Crippen LogP) is 3.51. The van der Waals surface area contributed by atoms with E-state index in [4.69, 9.17) is 9.72 Å². The normalized spacial score (nSPS) is 19.8. The molecule has 0 bridgehead atoms. The molecule has 3 nitrogen and oxygen atoms in total. The highest BCUT2D eigenvalue weighted by Gasteiger charge is 2.29. The van der Waals surface area contributed by atoms with Crippen LogP contribution in [-0.4, -0.2) is 17.4 Å². The molecule has 1 atom stereocenters. The van der Waals surface area contributed by atoms with Crippen LogP contribution < -0.4 is 4.74 Å². The highest BCUT2D eigenvalue weighted by Crippen LogP contribution is 2.43. The third-order valence-electron chi connectivity index (χ3n) is 4.50. The summed E-state index contributed by atoms with van der Waals surface area (Å²) in [6.07, 6.45) is 3.89. The molecule has 0 N–H and O–H groups in total. The van der Waals surface area contributed by atoms with E-state index in [0.717, 1.165) is 34.5 Å². The van der Waals surface area contributed by atoms with Gasteiger partial charge < -0.3 is 4.74 Å². The second kappa shape index (κ2) is 4.42. The molecular formula is C18H17NO2. The SMILES string of the molecule is CC(C)C1COc2ccc3nc4c(cc3c21)CC(=O)C=C4. The minimum atomic E-state index is 0.146. The number of ketones is 1. The zero-order chi connectivity index (χ0) is 14.6. The van der Waals surface area contributed by atoms with Crippen LogP contribution in [0.2, 0.25) is 0 Å². The number of fused-ring (bicyclic) bond motifs is 4. The monoisotopic (exact) mass is 279 g/mol. The minimum Gasteiger partial charge on any atom is -0.493 e. The zero-order valence-corrected chi connectivity index (χ0v) is 12.2. The fraction of sp³-hybridized carbons (Fsp3) is 0.333. The summed E-state index contributed by atoms with van der Waals surface area (Å²) in [4.78, 5) is 16.4. The molecule has 0 amide bonds. The van der Waals surface area contributed by atoms with Gasteiger partial charge in [-0.2, -0.15) is 0 Å². The van der Waals surface area contributed by atoms with Crippen molar-refractivity contribution in [3.63, 3.8) is 0 Å². The maximum atomic E-state index is 11.6. The van der Waals surface area contributed by atoms with Crippen LogP contribution in [0.1, 0.15) is 36.6 Å². The molecule has 1 aliphatic carbocycles. The molecule has 2 heterocycles. The van der Waals surface area contributed by atoms with Crippen molar-refractivity contribution in [2.24, 2.45) is 5.92 Å². The van der Waals surface area contributed by atoms with Gasteiger partial charge in [-0.25, -0.2) is 4.98 Å². The maximum Gasteiger partial charge on any atom is 0.160 e. The molecule has 1 aliphatic heterocycles. The van der Waals surface area contributed by atoms with Gasteiger partial charge in [0.2, 0.25) is 0 Å². The summed E-state index contributed by atoms with van der Waals surface area (Å²) in [6, 6.07) is 6.18. The fourth-order valence-electron chi connectivity index (χ4n) is 3.31. The number of carbonyl (C=O) groups excluding carboxylic acids is 1. The van der Waals surface area contributed by atoms with Crippen molar-refractivity contribution in [3.8, 4) is 5.75 Å². The third-order valence-corrected chi connectivity index (χ3v) is 4.50. The molecule has 1 aromatic carbocycles. The van der Waals surface area contributed by atoms with Crippen LogP contribution in [0.4, 0.5) is 0 Å². The van der Waals surface area contributed by atoms with Crippen LogP contribution in [0.25, 0.3) is 17.0 Å². The molecule has 4 rings (SSSR count). The molecule has 0 saturated heterocycles. The first-order valence-electron chi connectivity index (χ1n) is 7.43. The lowest BCUT2D eigenvalue weighted by Gasteiger charge is -2.16. The number of rotatable bonds is 1. The zero-order valence-electron chi connectivity index (χ0n) is 12.2. The summed E-state index contributed by atoms with van der Waals surface area (Å²) in [5, 5.41) is 1.14. The molecule has 2 aromatic rings. The smallest absolute Gasteiger partial charge is 0.160 e. The van der Waals surface area contributed by atoms with Crippen LogP contribution in [0, 0.1) is 5.92 Å². The van der Waals surface area contributed by atoms with Crippen LogP contribution in [0.3, 0.4) is 0 Å². The Morgan fingerprint density at radius 1 is 1.29 bits per heavy atom. The van der Waals surface area contributed by atoms with E-state index in [1.165, 1.54) is 5.56 Å². The second-order valence-corrected chi connectivity index (χ2v) is 6.21. The van der Waals surface area contributed by atoms with Gasteiger partial charge in [0.15, 0.2) is 5.78 Å². The van der Waals surface area contributed by atoms with Crippen LogP contribution in [-0.2, 0) is 11.2 Å². The van der Waals surface area contributed by atoms with Gasteiger partial charge >= 0.3 is 0 Å². The van der Waals surface area contributed by atoms with Gasteiger partial charge in [0.05, 0.1) is 17.8 Å². The molecule has 0 spiro atoms. The quantitative estimate of drug-likeness (QED) is 0.802. The van der Waals surface area contributed by atoms with Crippen molar-refractivity contribution in [2.75, 3.05) is 6.61 Å². The largest absolute Gasteiger partial charge is 0.493 e. The van der Waals surface area contributed by atoms with E-state index in [0.29, 0.717) is 18.3 Å². The molecule has 21 heavy (non-hydrogen) atoms. The standard InChI is InChI=1S/C18H17NO2/c1-10(2)14-9-21-17-6-5-16-13(18(14)17)8-11-7-12(20)3-4-15(11)19-16/h3-6,8,10,14H,7,9H2,1-2H3. The number of allylic oxidation sites excluding steroid dienone is 1. The Morgan fingerprint density at radius 2 is 2.14 bits per heavy atom. The number of aromatic nitrogens is 1. The number of benzene rings is 1. The van der Waals surface area contributed by atoms with Crippen molar-refractivity contribution >= 4 is 22.8 Å². The molecule has 0 fully saturated rings. The Kier molecular flexibility index (Phi) is 2.64. The highest BCUT2D eigenvalue weighted by atomic mass is 16.5. The van der Waals surface area contributed by atoms with Gasteiger partial charge in [-0.3, -0.25) is 4.79 Å². The molecular weight excluding hydrogens is 262 g/mol. The first-order chi connectivity index (χ1) is 10.1. The van der Waals surface area contributed by atoms with E-state index in [2.05, 4.69) is 19.9 Å². The van der Waals surface area contributed by atoms with Crippen molar-refractivity contribution < 1.29 is 9.53 Å². The maximum absolute atomic E-state index is 11.6. The number of nitrogens with zero attached hydrogens (tertiary/aromatic N) is 1. The van der Waals surface area contributed by atoms with Crippen LogP contribution >= 0.6 is 0 Å². The molecule has 2 aliphatic rings. The van der Waals surface area contributed by atoms with E-state index >= 15 is 0 Å². The first-order valence-corrected chi connectivity index (χ1v) is 7.43. The highest BCUT2D eigenvalue weighted by molar-refractivity contribution is 5.99. The molecule has 3 heteroatoms. The number of carbonyl (C=O) groups is 1. The average Bonchev–Trinajstić information content (AvgIpc) is 2.89. The summed E-state index contributed by atoms with van der Waals surface area (Å²) < 4.78 is 5.84.